The molecular weight excluding hydrogens is 507 g/mol. The standard InChI is InChI=1S/C23H33N4O9P/c1-13(2)33-22(29)14(3)26-37(31,36-16-9-7-6-8-10-16)35-15(4)19-18(28)20(32-5)21(34-19)27-12-11-17(24)25-23(27)30/h6-15,18-21,28H,1-5H3,(H,26,31)(H2,24,25,30)/t14?,15?,18?,19-,20+,21-,37?/m1/s1. The summed E-state index contributed by atoms with van der Waals surface area (Å²) in [6, 6.07) is 8.58. The molecule has 1 aliphatic heterocycles. The van der Waals surface area contributed by atoms with E-state index in [4.69, 9.17) is 29.0 Å². The summed E-state index contributed by atoms with van der Waals surface area (Å²) >= 11 is 0. The minimum absolute atomic E-state index is 0.0252. The molecule has 0 bridgehead atoms. The molecule has 2 heterocycles. The number of methoxy groups -OCH3 is 1. The normalized spacial score (nSPS) is 24.8. The van der Waals surface area contributed by atoms with E-state index in [0.717, 1.165) is 4.57 Å². The molecule has 4 N–H and O–H groups in total. The SMILES string of the molecule is CO[C@H]1C(O)[C@@H](C(C)OP(=O)(NC(C)C(=O)OC(C)C)Oc2ccccc2)O[C@H]1n1ccc(N)nc1=O. The van der Waals surface area contributed by atoms with Crippen molar-refractivity contribution in [3.63, 3.8) is 0 Å². The first-order valence-electron chi connectivity index (χ1n) is 11.7. The van der Waals surface area contributed by atoms with Crippen molar-refractivity contribution < 1.29 is 37.7 Å². The zero-order valence-electron chi connectivity index (χ0n) is 21.2. The monoisotopic (exact) mass is 540 g/mol. The van der Waals surface area contributed by atoms with Crippen LogP contribution in [0.3, 0.4) is 0 Å². The summed E-state index contributed by atoms with van der Waals surface area (Å²) in [5.74, 6) is -0.415. The molecule has 0 spiro atoms. The van der Waals surface area contributed by atoms with Crippen molar-refractivity contribution in [1.29, 1.82) is 0 Å². The molecule has 2 aromatic rings. The van der Waals surface area contributed by atoms with Crippen LogP contribution in [-0.2, 0) is 28.1 Å². The molecule has 1 aromatic heterocycles. The molecule has 1 fully saturated rings. The van der Waals surface area contributed by atoms with Crippen LogP contribution in [0, 0.1) is 0 Å². The number of rotatable bonds is 11. The quantitative estimate of drug-likeness (QED) is 0.278. The zero-order chi connectivity index (χ0) is 27.3. The van der Waals surface area contributed by atoms with Gasteiger partial charge < -0.3 is 29.6 Å². The summed E-state index contributed by atoms with van der Waals surface area (Å²) in [5.41, 5.74) is 4.86. The number of carbonyl (C=O) groups excluding carboxylic acids is 1. The minimum Gasteiger partial charge on any atom is -0.462 e. The van der Waals surface area contributed by atoms with Gasteiger partial charge in [0.2, 0.25) is 0 Å². The van der Waals surface area contributed by atoms with Crippen LogP contribution in [-0.4, -0.2) is 64.3 Å². The molecule has 0 radical (unpaired) electrons. The number of nitrogen functional groups attached to an aromatic ring is 1. The van der Waals surface area contributed by atoms with Crippen LogP contribution in [0.25, 0.3) is 0 Å². The van der Waals surface area contributed by atoms with Gasteiger partial charge in [-0.1, -0.05) is 18.2 Å². The Bertz CT molecular complexity index is 1160. The highest BCUT2D eigenvalue weighted by Crippen LogP contribution is 2.48. The molecule has 3 rings (SSSR count). The Labute approximate surface area is 214 Å². The second-order valence-electron chi connectivity index (χ2n) is 8.77. The Morgan fingerprint density at radius 1 is 1.22 bits per heavy atom. The summed E-state index contributed by atoms with van der Waals surface area (Å²) in [5, 5.41) is 13.5. The second kappa shape index (κ2) is 12.2. The van der Waals surface area contributed by atoms with Gasteiger partial charge in [-0.2, -0.15) is 10.1 Å². The number of aliphatic hydroxyl groups excluding tert-OH is 1. The van der Waals surface area contributed by atoms with E-state index in [1.165, 1.54) is 33.2 Å². The Hall–Kier alpha value is -2.80. The van der Waals surface area contributed by atoms with Crippen LogP contribution < -0.4 is 21.0 Å². The minimum atomic E-state index is -4.25. The molecule has 204 valence electrons. The zero-order valence-corrected chi connectivity index (χ0v) is 22.1. The van der Waals surface area contributed by atoms with E-state index in [9.17, 15) is 19.3 Å². The summed E-state index contributed by atoms with van der Waals surface area (Å²) in [7, 11) is -2.90. The van der Waals surface area contributed by atoms with E-state index in [-0.39, 0.29) is 17.7 Å². The predicted molar refractivity (Wildman–Crippen MR) is 133 cm³/mol. The summed E-state index contributed by atoms with van der Waals surface area (Å²) in [4.78, 5) is 28.4. The van der Waals surface area contributed by atoms with Gasteiger partial charge in [-0.3, -0.25) is 13.9 Å². The third-order valence-electron chi connectivity index (χ3n) is 5.44. The number of hydrogen-bond acceptors (Lipinski definition) is 11. The van der Waals surface area contributed by atoms with Crippen LogP contribution >= 0.6 is 7.75 Å². The van der Waals surface area contributed by atoms with Crippen molar-refractivity contribution in [2.75, 3.05) is 12.8 Å². The summed E-state index contributed by atoms with van der Waals surface area (Å²) < 4.78 is 42.9. The summed E-state index contributed by atoms with van der Waals surface area (Å²) in [6.45, 7) is 6.34. The number of esters is 1. The third kappa shape index (κ3) is 7.16. The van der Waals surface area contributed by atoms with Gasteiger partial charge in [0.15, 0.2) is 6.23 Å². The van der Waals surface area contributed by atoms with Crippen molar-refractivity contribution >= 4 is 19.5 Å². The molecule has 0 saturated carbocycles. The maximum atomic E-state index is 13.8. The fourth-order valence-corrected chi connectivity index (χ4v) is 5.46. The number of hydrogen-bond donors (Lipinski definition) is 3. The van der Waals surface area contributed by atoms with E-state index in [0.29, 0.717) is 0 Å². The average Bonchev–Trinajstić information content (AvgIpc) is 3.15. The highest BCUT2D eigenvalue weighted by Gasteiger charge is 2.50. The van der Waals surface area contributed by atoms with E-state index < -0.39 is 56.1 Å². The molecule has 0 amide bonds. The lowest BCUT2D eigenvalue weighted by Gasteiger charge is -2.29. The fraction of sp³-hybridized carbons (Fsp3) is 0.522. The lowest BCUT2D eigenvalue weighted by atomic mass is 10.1. The number of para-hydroxylation sites is 1. The van der Waals surface area contributed by atoms with Gasteiger partial charge in [0, 0.05) is 13.3 Å². The Morgan fingerprint density at radius 3 is 2.49 bits per heavy atom. The van der Waals surface area contributed by atoms with Gasteiger partial charge >= 0.3 is 19.4 Å². The first kappa shape index (κ1) is 28.8. The van der Waals surface area contributed by atoms with E-state index in [1.807, 2.05) is 0 Å². The van der Waals surface area contributed by atoms with Gasteiger partial charge in [-0.15, -0.1) is 0 Å². The van der Waals surface area contributed by atoms with E-state index in [1.54, 1.807) is 44.2 Å². The lowest BCUT2D eigenvalue weighted by Crippen LogP contribution is -2.41. The number of nitrogens with one attached hydrogen (secondary N) is 1. The Balaban J connectivity index is 1.84. The molecule has 1 saturated heterocycles. The maximum Gasteiger partial charge on any atom is 0.459 e. The smallest absolute Gasteiger partial charge is 0.459 e. The van der Waals surface area contributed by atoms with Gasteiger partial charge in [-0.25, -0.2) is 9.36 Å². The highest BCUT2D eigenvalue weighted by molar-refractivity contribution is 7.52. The number of ether oxygens (including phenoxy) is 3. The molecule has 7 atom stereocenters. The van der Waals surface area contributed by atoms with Crippen molar-refractivity contribution in [3.8, 4) is 5.75 Å². The van der Waals surface area contributed by atoms with E-state index >= 15 is 0 Å². The van der Waals surface area contributed by atoms with Crippen LogP contribution in [0.2, 0.25) is 0 Å². The maximum absolute atomic E-state index is 13.8. The van der Waals surface area contributed by atoms with E-state index in [2.05, 4.69) is 10.1 Å². The lowest BCUT2D eigenvalue weighted by molar-refractivity contribution is -0.149. The molecule has 37 heavy (non-hydrogen) atoms. The molecule has 0 aliphatic carbocycles. The molecular formula is C23H33N4O9P. The first-order valence-corrected chi connectivity index (χ1v) is 13.2. The van der Waals surface area contributed by atoms with Gasteiger partial charge in [0.1, 0.15) is 35.9 Å². The van der Waals surface area contributed by atoms with Crippen LogP contribution in [0.1, 0.15) is 33.9 Å². The first-order chi connectivity index (χ1) is 17.4. The Kier molecular flexibility index (Phi) is 9.46. The number of nitrogens with two attached hydrogens (primary N) is 1. The molecule has 4 unspecified atom stereocenters. The van der Waals surface area contributed by atoms with Crippen LogP contribution in [0.5, 0.6) is 5.75 Å². The van der Waals surface area contributed by atoms with Crippen molar-refractivity contribution in [3.05, 3.63) is 53.1 Å². The fourth-order valence-electron chi connectivity index (χ4n) is 3.76. The van der Waals surface area contributed by atoms with Crippen molar-refractivity contribution in [2.45, 2.75) is 70.5 Å². The van der Waals surface area contributed by atoms with Gasteiger partial charge in [0.25, 0.3) is 0 Å². The van der Waals surface area contributed by atoms with Gasteiger partial charge in [0.05, 0.1) is 12.2 Å². The second-order valence-corrected chi connectivity index (χ2v) is 10.4. The van der Waals surface area contributed by atoms with Gasteiger partial charge in [-0.05, 0) is 45.9 Å². The number of aliphatic hydroxyl groups is 1. The number of aromatic nitrogens is 2. The van der Waals surface area contributed by atoms with Crippen LogP contribution in [0.4, 0.5) is 5.82 Å². The topological polar surface area (TPSA) is 173 Å². The Morgan fingerprint density at radius 2 is 1.89 bits per heavy atom. The highest BCUT2D eigenvalue weighted by atomic mass is 31.2. The predicted octanol–water partition coefficient (Wildman–Crippen LogP) is 1.62. The molecule has 1 aliphatic rings. The van der Waals surface area contributed by atoms with Crippen LogP contribution in [0.15, 0.2) is 47.4 Å². The average molecular weight is 541 g/mol. The molecule has 13 nitrogen and oxygen atoms in total. The largest absolute Gasteiger partial charge is 0.462 e. The number of nitrogens with zero attached hydrogens (tertiary/aromatic N) is 2. The number of benzene rings is 1. The molecule has 14 heteroatoms. The number of carbonyl (C=O) groups is 1. The molecule has 1 aromatic carbocycles. The number of anilines is 1. The van der Waals surface area contributed by atoms with Crippen molar-refractivity contribution in [1.82, 2.24) is 14.6 Å². The summed E-state index contributed by atoms with van der Waals surface area (Å²) in [6.07, 6.45) is -4.53. The third-order valence-corrected chi connectivity index (χ3v) is 7.21. The van der Waals surface area contributed by atoms with Crippen molar-refractivity contribution in [2.24, 2.45) is 0 Å².